The van der Waals surface area contributed by atoms with Gasteiger partial charge >= 0.3 is 0 Å². The van der Waals surface area contributed by atoms with Crippen LogP contribution in [0, 0.1) is 0 Å². The molecule has 0 unspecified atom stereocenters. The maximum absolute atomic E-state index is 5.64. The number of nitrogens with zero attached hydrogens (tertiary/aromatic N) is 4. The highest BCUT2D eigenvalue weighted by Crippen LogP contribution is 2.22. The van der Waals surface area contributed by atoms with E-state index in [1.165, 1.54) is 0 Å². The molecule has 1 fully saturated rings. The molecule has 5 heteroatoms. The van der Waals surface area contributed by atoms with Crippen molar-refractivity contribution in [3.8, 4) is 0 Å². The van der Waals surface area contributed by atoms with Gasteiger partial charge in [-0.05, 0) is 31.2 Å². The van der Waals surface area contributed by atoms with Crippen molar-refractivity contribution in [1.82, 2.24) is 9.97 Å². The SMILES string of the molecule is C[C@H]1CN(c2ccccn2)CCN1c1ccc(N)nc1. The first kappa shape index (κ1) is 12.7. The molecule has 0 saturated carbocycles. The van der Waals surface area contributed by atoms with Gasteiger partial charge in [-0.15, -0.1) is 0 Å². The number of rotatable bonds is 2. The summed E-state index contributed by atoms with van der Waals surface area (Å²) in [5, 5.41) is 0. The Bertz CT molecular complexity index is 554. The molecule has 0 amide bonds. The lowest BCUT2D eigenvalue weighted by molar-refractivity contribution is 0.547. The zero-order chi connectivity index (χ0) is 13.9. The van der Waals surface area contributed by atoms with Crippen LogP contribution in [-0.4, -0.2) is 35.6 Å². The molecule has 5 nitrogen and oxygen atoms in total. The predicted octanol–water partition coefficient (Wildman–Crippen LogP) is 1.77. The number of piperazine rings is 1. The lowest BCUT2D eigenvalue weighted by Crippen LogP contribution is -2.52. The molecule has 0 bridgehead atoms. The fourth-order valence-corrected chi connectivity index (χ4v) is 2.66. The highest BCUT2D eigenvalue weighted by molar-refractivity contribution is 5.51. The third kappa shape index (κ3) is 2.52. The van der Waals surface area contributed by atoms with Gasteiger partial charge in [-0.3, -0.25) is 0 Å². The maximum Gasteiger partial charge on any atom is 0.128 e. The fraction of sp³-hybridized carbons (Fsp3) is 0.333. The molecular weight excluding hydrogens is 250 g/mol. The quantitative estimate of drug-likeness (QED) is 0.900. The van der Waals surface area contributed by atoms with Crippen LogP contribution in [0.3, 0.4) is 0 Å². The van der Waals surface area contributed by atoms with E-state index in [9.17, 15) is 0 Å². The lowest BCUT2D eigenvalue weighted by Gasteiger charge is -2.41. The largest absolute Gasteiger partial charge is 0.384 e. The average molecular weight is 269 g/mol. The van der Waals surface area contributed by atoms with E-state index >= 15 is 0 Å². The van der Waals surface area contributed by atoms with Gasteiger partial charge in [0.25, 0.3) is 0 Å². The van der Waals surface area contributed by atoms with Crippen LogP contribution in [0.1, 0.15) is 6.92 Å². The molecule has 0 spiro atoms. The number of pyridine rings is 2. The van der Waals surface area contributed by atoms with Gasteiger partial charge in [0.2, 0.25) is 0 Å². The summed E-state index contributed by atoms with van der Waals surface area (Å²) >= 11 is 0. The van der Waals surface area contributed by atoms with Crippen LogP contribution < -0.4 is 15.5 Å². The van der Waals surface area contributed by atoms with Gasteiger partial charge in [-0.1, -0.05) is 6.07 Å². The van der Waals surface area contributed by atoms with Gasteiger partial charge in [-0.25, -0.2) is 9.97 Å². The van der Waals surface area contributed by atoms with Crippen molar-refractivity contribution in [3.63, 3.8) is 0 Å². The monoisotopic (exact) mass is 269 g/mol. The van der Waals surface area contributed by atoms with Crippen molar-refractivity contribution < 1.29 is 0 Å². The minimum atomic E-state index is 0.413. The highest BCUT2D eigenvalue weighted by atomic mass is 15.3. The number of nitrogen functional groups attached to an aromatic ring is 1. The predicted molar refractivity (Wildman–Crippen MR) is 81.9 cm³/mol. The van der Waals surface area contributed by atoms with E-state index in [2.05, 4.69) is 32.8 Å². The smallest absolute Gasteiger partial charge is 0.128 e. The van der Waals surface area contributed by atoms with Crippen molar-refractivity contribution in [2.45, 2.75) is 13.0 Å². The van der Waals surface area contributed by atoms with Gasteiger partial charge in [0.15, 0.2) is 0 Å². The van der Waals surface area contributed by atoms with Crippen LogP contribution in [0.2, 0.25) is 0 Å². The summed E-state index contributed by atoms with van der Waals surface area (Å²) < 4.78 is 0. The van der Waals surface area contributed by atoms with Crippen LogP contribution in [-0.2, 0) is 0 Å². The van der Waals surface area contributed by atoms with Gasteiger partial charge in [0.1, 0.15) is 11.6 Å². The van der Waals surface area contributed by atoms with Crippen molar-refractivity contribution in [2.75, 3.05) is 35.2 Å². The first-order valence-electron chi connectivity index (χ1n) is 6.88. The molecule has 2 aromatic heterocycles. The molecular formula is C15H19N5. The van der Waals surface area contributed by atoms with Crippen LogP contribution in [0.4, 0.5) is 17.3 Å². The minimum absolute atomic E-state index is 0.413. The van der Waals surface area contributed by atoms with E-state index in [0.29, 0.717) is 11.9 Å². The summed E-state index contributed by atoms with van der Waals surface area (Å²) in [7, 11) is 0. The van der Waals surface area contributed by atoms with E-state index in [1.54, 1.807) is 0 Å². The van der Waals surface area contributed by atoms with Crippen LogP contribution in [0.5, 0.6) is 0 Å². The Morgan fingerprint density at radius 1 is 1.15 bits per heavy atom. The normalized spacial score (nSPS) is 19.1. The summed E-state index contributed by atoms with van der Waals surface area (Å²) in [5.74, 6) is 1.61. The Morgan fingerprint density at radius 3 is 2.70 bits per heavy atom. The van der Waals surface area contributed by atoms with Crippen molar-refractivity contribution in [2.24, 2.45) is 0 Å². The summed E-state index contributed by atoms with van der Waals surface area (Å²) in [6, 6.07) is 10.3. The van der Waals surface area contributed by atoms with Crippen LogP contribution in [0.15, 0.2) is 42.7 Å². The molecule has 0 radical (unpaired) electrons. The molecule has 20 heavy (non-hydrogen) atoms. The number of hydrogen-bond acceptors (Lipinski definition) is 5. The first-order valence-corrected chi connectivity index (χ1v) is 6.88. The van der Waals surface area contributed by atoms with Gasteiger partial charge in [0, 0.05) is 31.9 Å². The van der Waals surface area contributed by atoms with Crippen molar-refractivity contribution >= 4 is 17.3 Å². The zero-order valence-corrected chi connectivity index (χ0v) is 11.6. The molecule has 1 atom stereocenters. The maximum atomic E-state index is 5.64. The standard InChI is InChI=1S/C15H19N5/c1-12-11-19(15-4-2-3-7-17-15)8-9-20(12)13-5-6-14(16)18-10-13/h2-7,10,12H,8-9,11H2,1H3,(H2,16,18)/t12-/m0/s1. The molecule has 3 rings (SSSR count). The molecule has 3 heterocycles. The third-order valence-corrected chi connectivity index (χ3v) is 3.70. The zero-order valence-electron chi connectivity index (χ0n) is 11.6. The fourth-order valence-electron chi connectivity index (χ4n) is 2.66. The summed E-state index contributed by atoms with van der Waals surface area (Å²) in [4.78, 5) is 13.3. The summed E-state index contributed by atoms with van der Waals surface area (Å²) in [5.41, 5.74) is 6.77. The summed E-state index contributed by atoms with van der Waals surface area (Å²) in [6.45, 7) is 5.11. The lowest BCUT2D eigenvalue weighted by atomic mass is 10.1. The molecule has 1 saturated heterocycles. The third-order valence-electron chi connectivity index (χ3n) is 3.70. The second-order valence-corrected chi connectivity index (χ2v) is 5.12. The van der Waals surface area contributed by atoms with Crippen molar-refractivity contribution in [1.29, 1.82) is 0 Å². The van der Waals surface area contributed by atoms with E-state index in [0.717, 1.165) is 31.1 Å². The molecule has 1 aliphatic rings. The average Bonchev–Trinajstić information content (AvgIpc) is 2.49. The molecule has 1 aliphatic heterocycles. The summed E-state index contributed by atoms with van der Waals surface area (Å²) in [6.07, 6.45) is 3.69. The topological polar surface area (TPSA) is 58.3 Å². The molecule has 104 valence electrons. The molecule has 0 aliphatic carbocycles. The van der Waals surface area contributed by atoms with Crippen molar-refractivity contribution in [3.05, 3.63) is 42.7 Å². The Balaban J connectivity index is 1.72. The van der Waals surface area contributed by atoms with E-state index in [-0.39, 0.29) is 0 Å². The second kappa shape index (κ2) is 5.36. The second-order valence-electron chi connectivity index (χ2n) is 5.12. The molecule has 2 N–H and O–H groups in total. The minimum Gasteiger partial charge on any atom is -0.384 e. The van der Waals surface area contributed by atoms with Gasteiger partial charge in [-0.2, -0.15) is 0 Å². The van der Waals surface area contributed by atoms with E-state index < -0.39 is 0 Å². The molecule has 0 aromatic carbocycles. The van der Waals surface area contributed by atoms with Crippen LogP contribution >= 0.6 is 0 Å². The number of hydrogen-bond donors (Lipinski definition) is 1. The highest BCUT2D eigenvalue weighted by Gasteiger charge is 2.24. The number of nitrogens with two attached hydrogens (primary N) is 1. The van der Waals surface area contributed by atoms with Gasteiger partial charge in [0.05, 0.1) is 11.9 Å². The van der Waals surface area contributed by atoms with E-state index in [1.807, 2.05) is 36.7 Å². The number of aromatic nitrogens is 2. The van der Waals surface area contributed by atoms with Crippen LogP contribution in [0.25, 0.3) is 0 Å². The first-order chi connectivity index (χ1) is 9.74. The van der Waals surface area contributed by atoms with E-state index in [4.69, 9.17) is 5.73 Å². The molecule has 2 aromatic rings. The Morgan fingerprint density at radius 2 is 2.05 bits per heavy atom. The van der Waals surface area contributed by atoms with Gasteiger partial charge < -0.3 is 15.5 Å². The Hall–Kier alpha value is -2.30. The Kier molecular flexibility index (Phi) is 3.41. The Labute approximate surface area is 119 Å². The number of anilines is 3.